The number of benzene rings is 2. The Kier molecular flexibility index (Phi) is 3.65. The zero-order valence-electron chi connectivity index (χ0n) is 10.4. The molecular formula is C14H10F3NO2. The standard InChI is InChI=1S/C14H10F3NO2/c1-7-2-4-9(15)12(13(7)17)14(20)18-11-5-3-8(19)6-10(11)16/h2-6,19H,1H3,(H,18,20). The van der Waals surface area contributed by atoms with Crippen LogP contribution in [-0.2, 0) is 0 Å². The summed E-state index contributed by atoms with van der Waals surface area (Å²) in [5, 5.41) is 11.1. The molecule has 0 heterocycles. The fraction of sp³-hybridized carbons (Fsp3) is 0.0714. The Morgan fingerprint density at radius 2 is 1.80 bits per heavy atom. The van der Waals surface area contributed by atoms with Crippen LogP contribution in [-0.4, -0.2) is 11.0 Å². The maximum absolute atomic E-state index is 13.7. The number of aryl methyl sites for hydroxylation is 1. The molecule has 2 aromatic carbocycles. The molecule has 104 valence electrons. The van der Waals surface area contributed by atoms with Crippen molar-refractivity contribution in [2.24, 2.45) is 0 Å². The fourth-order valence-corrected chi connectivity index (χ4v) is 1.66. The summed E-state index contributed by atoms with van der Waals surface area (Å²) in [4.78, 5) is 11.8. The molecular weight excluding hydrogens is 271 g/mol. The highest BCUT2D eigenvalue weighted by atomic mass is 19.1. The Bertz CT molecular complexity index is 686. The molecule has 0 aromatic heterocycles. The van der Waals surface area contributed by atoms with Gasteiger partial charge in [-0.2, -0.15) is 0 Å². The molecule has 0 atom stereocenters. The molecule has 0 aliphatic rings. The van der Waals surface area contributed by atoms with Gasteiger partial charge in [-0.25, -0.2) is 13.2 Å². The van der Waals surface area contributed by atoms with Crippen LogP contribution in [0.15, 0.2) is 30.3 Å². The van der Waals surface area contributed by atoms with Gasteiger partial charge in [0.15, 0.2) is 0 Å². The summed E-state index contributed by atoms with van der Waals surface area (Å²) in [7, 11) is 0. The molecule has 20 heavy (non-hydrogen) atoms. The lowest BCUT2D eigenvalue weighted by Crippen LogP contribution is -2.17. The molecule has 1 amide bonds. The Morgan fingerprint density at radius 3 is 2.45 bits per heavy atom. The predicted molar refractivity (Wildman–Crippen MR) is 67.1 cm³/mol. The maximum atomic E-state index is 13.7. The molecule has 3 nitrogen and oxygen atoms in total. The van der Waals surface area contributed by atoms with Gasteiger partial charge in [-0.3, -0.25) is 4.79 Å². The zero-order chi connectivity index (χ0) is 14.9. The minimum Gasteiger partial charge on any atom is -0.508 e. The second kappa shape index (κ2) is 5.24. The highest BCUT2D eigenvalue weighted by Gasteiger charge is 2.20. The minimum atomic E-state index is -1.10. The SMILES string of the molecule is Cc1ccc(F)c(C(=O)Nc2ccc(O)cc2F)c1F. The van der Waals surface area contributed by atoms with Crippen LogP contribution >= 0.6 is 0 Å². The molecule has 0 unspecified atom stereocenters. The second-order valence-corrected chi connectivity index (χ2v) is 4.17. The summed E-state index contributed by atoms with van der Waals surface area (Å²) in [6.07, 6.45) is 0. The molecule has 0 radical (unpaired) electrons. The molecule has 0 bridgehead atoms. The first-order valence-corrected chi connectivity index (χ1v) is 5.64. The van der Waals surface area contributed by atoms with E-state index in [9.17, 15) is 18.0 Å². The largest absolute Gasteiger partial charge is 0.508 e. The van der Waals surface area contributed by atoms with Gasteiger partial charge in [0.05, 0.1) is 5.69 Å². The van der Waals surface area contributed by atoms with E-state index >= 15 is 0 Å². The predicted octanol–water partition coefficient (Wildman–Crippen LogP) is 3.37. The normalized spacial score (nSPS) is 10.4. The van der Waals surface area contributed by atoms with Gasteiger partial charge < -0.3 is 10.4 Å². The molecule has 2 rings (SSSR count). The van der Waals surface area contributed by atoms with E-state index in [2.05, 4.69) is 5.32 Å². The molecule has 0 spiro atoms. The van der Waals surface area contributed by atoms with Crippen molar-refractivity contribution in [1.82, 2.24) is 0 Å². The van der Waals surface area contributed by atoms with Gasteiger partial charge in [0.1, 0.15) is 28.8 Å². The number of carbonyl (C=O) groups is 1. The van der Waals surface area contributed by atoms with Crippen molar-refractivity contribution in [2.75, 3.05) is 5.32 Å². The van der Waals surface area contributed by atoms with Crippen LogP contribution in [0.4, 0.5) is 18.9 Å². The number of hydrogen-bond acceptors (Lipinski definition) is 2. The molecule has 0 saturated carbocycles. The van der Waals surface area contributed by atoms with E-state index < -0.39 is 28.9 Å². The number of nitrogens with one attached hydrogen (secondary N) is 1. The van der Waals surface area contributed by atoms with Crippen LogP contribution < -0.4 is 5.32 Å². The minimum absolute atomic E-state index is 0.0997. The van der Waals surface area contributed by atoms with Gasteiger partial charge in [0.25, 0.3) is 5.91 Å². The van der Waals surface area contributed by atoms with E-state index in [-0.39, 0.29) is 17.0 Å². The second-order valence-electron chi connectivity index (χ2n) is 4.17. The number of hydrogen-bond donors (Lipinski definition) is 2. The Hall–Kier alpha value is -2.50. The van der Waals surface area contributed by atoms with Crippen LogP contribution in [0.25, 0.3) is 0 Å². The van der Waals surface area contributed by atoms with Gasteiger partial charge in [0.2, 0.25) is 0 Å². The smallest absolute Gasteiger partial charge is 0.261 e. The number of carbonyl (C=O) groups excluding carboxylic acids is 1. The van der Waals surface area contributed by atoms with Crippen molar-refractivity contribution in [3.8, 4) is 5.75 Å². The van der Waals surface area contributed by atoms with Gasteiger partial charge in [-0.05, 0) is 30.7 Å². The van der Waals surface area contributed by atoms with Crippen molar-refractivity contribution < 1.29 is 23.1 Å². The summed E-state index contributed by atoms with van der Waals surface area (Å²) in [5.41, 5.74) is -0.965. The number of halogens is 3. The number of rotatable bonds is 2. The molecule has 0 aliphatic heterocycles. The highest BCUT2D eigenvalue weighted by molar-refractivity contribution is 6.04. The summed E-state index contributed by atoms with van der Waals surface area (Å²) >= 11 is 0. The lowest BCUT2D eigenvalue weighted by atomic mass is 10.1. The topological polar surface area (TPSA) is 49.3 Å². The average Bonchev–Trinajstić information content (AvgIpc) is 2.38. The summed E-state index contributed by atoms with van der Waals surface area (Å²) in [5.74, 6) is -4.38. The van der Waals surface area contributed by atoms with E-state index in [0.29, 0.717) is 0 Å². The van der Waals surface area contributed by atoms with Crippen LogP contribution in [0.1, 0.15) is 15.9 Å². The maximum Gasteiger partial charge on any atom is 0.261 e. The third-order valence-corrected chi connectivity index (χ3v) is 2.71. The summed E-state index contributed by atoms with van der Waals surface area (Å²) in [6, 6.07) is 5.16. The number of phenolic OH excluding ortho intramolecular Hbond substituents is 1. The van der Waals surface area contributed by atoms with E-state index in [0.717, 1.165) is 24.3 Å². The van der Waals surface area contributed by atoms with E-state index in [1.54, 1.807) is 0 Å². The lowest BCUT2D eigenvalue weighted by Gasteiger charge is -2.09. The van der Waals surface area contributed by atoms with Crippen LogP contribution in [0.5, 0.6) is 5.75 Å². The first-order chi connectivity index (χ1) is 9.40. The Labute approximate surface area is 112 Å². The average molecular weight is 281 g/mol. The third-order valence-electron chi connectivity index (χ3n) is 2.71. The molecule has 2 N–H and O–H groups in total. The Balaban J connectivity index is 2.36. The number of phenols is 1. The summed E-state index contributed by atoms with van der Waals surface area (Å²) < 4.78 is 40.7. The quantitative estimate of drug-likeness (QED) is 0.829. The van der Waals surface area contributed by atoms with Crippen molar-refractivity contribution in [3.63, 3.8) is 0 Å². The third kappa shape index (κ3) is 2.59. The van der Waals surface area contributed by atoms with Gasteiger partial charge in [-0.1, -0.05) is 6.07 Å². The van der Waals surface area contributed by atoms with Crippen LogP contribution in [0.3, 0.4) is 0 Å². The van der Waals surface area contributed by atoms with Gasteiger partial charge >= 0.3 is 0 Å². The fourth-order valence-electron chi connectivity index (χ4n) is 1.66. The lowest BCUT2D eigenvalue weighted by molar-refractivity contribution is 0.101. The van der Waals surface area contributed by atoms with Gasteiger partial charge in [-0.15, -0.1) is 0 Å². The van der Waals surface area contributed by atoms with Crippen molar-refractivity contribution in [1.29, 1.82) is 0 Å². The molecule has 6 heteroatoms. The molecule has 0 saturated heterocycles. The number of amides is 1. The van der Waals surface area contributed by atoms with Crippen molar-refractivity contribution in [3.05, 3.63) is 58.9 Å². The Morgan fingerprint density at radius 1 is 1.10 bits per heavy atom. The van der Waals surface area contributed by atoms with Crippen LogP contribution in [0.2, 0.25) is 0 Å². The van der Waals surface area contributed by atoms with E-state index in [4.69, 9.17) is 5.11 Å². The van der Waals surface area contributed by atoms with E-state index in [1.807, 2.05) is 0 Å². The van der Waals surface area contributed by atoms with Crippen molar-refractivity contribution in [2.45, 2.75) is 6.92 Å². The first-order valence-electron chi connectivity index (χ1n) is 5.64. The highest BCUT2D eigenvalue weighted by Crippen LogP contribution is 2.22. The molecule has 0 aliphatic carbocycles. The summed E-state index contributed by atoms with van der Waals surface area (Å²) in [6.45, 7) is 1.38. The zero-order valence-corrected chi connectivity index (χ0v) is 10.4. The van der Waals surface area contributed by atoms with Crippen molar-refractivity contribution >= 4 is 11.6 Å². The molecule has 0 fully saturated rings. The number of anilines is 1. The van der Waals surface area contributed by atoms with Crippen LogP contribution in [0, 0.1) is 24.4 Å². The number of aromatic hydroxyl groups is 1. The first kappa shape index (κ1) is 13.9. The van der Waals surface area contributed by atoms with E-state index in [1.165, 1.54) is 13.0 Å². The molecule has 2 aromatic rings. The monoisotopic (exact) mass is 281 g/mol. The van der Waals surface area contributed by atoms with Gasteiger partial charge in [0, 0.05) is 6.07 Å².